The monoisotopic (exact) mass is 204 g/mol. The van der Waals surface area contributed by atoms with E-state index in [1.54, 1.807) is 0 Å². The third-order valence-electron chi connectivity index (χ3n) is 1.72. The zero-order valence-electron chi connectivity index (χ0n) is 9.71. The molecule has 0 spiro atoms. The fourth-order valence-electron chi connectivity index (χ4n) is 0.688. The van der Waals surface area contributed by atoms with Crippen molar-refractivity contribution in [2.24, 2.45) is 0 Å². The summed E-state index contributed by atoms with van der Waals surface area (Å²) in [4.78, 5) is 9.81. The molecule has 0 amide bonds. The van der Waals surface area contributed by atoms with Crippen molar-refractivity contribution in [2.75, 3.05) is 6.61 Å². The Kier molecular flexibility index (Phi) is 16.6. The van der Waals surface area contributed by atoms with Crippen molar-refractivity contribution in [1.82, 2.24) is 0 Å². The van der Waals surface area contributed by atoms with E-state index in [-0.39, 0.29) is 0 Å². The normalized spacial score (nSPS) is 8.79. The lowest BCUT2D eigenvalue weighted by atomic mass is 10.2. The van der Waals surface area contributed by atoms with Gasteiger partial charge in [-0.05, 0) is 6.42 Å². The molecule has 0 aliphatic carbocycles. The van der Waals surface area contributed by atoms with E-state index in [2.05, 4.69) is 25.5 Å². The van der Waals surface area contributed by atoms with E-state index < -0.39 is 6.16 Å². The number of hydrogen-bond donors (Lipinski definition) is 1. The molecule has 0 aromatic carbocycles. The van der Waals surface area contributed by atoms with E-state index >= 15 is 0 Å². The lowest BCUT2D eigenvalue weighted by Crippen LogP contribution is -2.01. The maximum Gasteiger partial charge on any atom is 0.505 e. The molecule has 3 heteroatoms. The average molecular weight is 204 g/mol. The van der Waals surface area contributed by atoms with Gasteiger partial charge in [-0.25, -0.2) is 4.79 Å². The van der Waals surface area contributed by atoms with Gasteiger partial charge in [0, 0.05) is 0 Å². The van der Waals surface area contributed by atoms with Gasteiger partial charge in [0.1, 0.15) is 0 Å². The number of rotatable bonds is 6. The Morgan fingerprint density at radius 1 is 1.00 bits per heavy atom. The first-order valence-corrected chi connectivity index (χ1v) is 5.54. The van der Waals surface area contributed by atoms with Crippen LogP contribution in [0.4, 0.5) is 4.79 Å². The van der Waals surface area contributed by atoms with Crippen molar-refractivity contribution >= 4 is 6.16 Å². The van der Waals surface area contributed by atoms with Crippen molar-refractivity contribution in [1.29, 1.82) is 0 Å². The summed E-state index contributed by atoms with van der Waals surface area (Å²) in [6, 6.07) is 0. The number of unbranched alkanes of at least 4 members (excludes halogenated alkanes) is 4. The molecular weight excluding hydrogens is 180 g/mol. The van der Waals surface area contributed by atoms with Gasteiger partial charge in [0.05, 0.1) is 6.61 Å². The lowest BCUT2D eigenvalue weighted by Gasteiger charge is -1.98. The maximum atomic E-state index is 9.81. The standard InChI is InChI=1S/C7H14O3.C4H10/c1-2-3-4-5-6-10-7(8)9;1-3-4-2/h2-6H2,1H3,(H,8,9);3-4H2,1-2H3. The third kappa shape index (κ3) is 22.5. The first-order valence-electron chi connectivity index (χ1n) is 5.54. The third-order valence-corrected chi connectivity index (χ3v) is 1.72. The van der Waals surface area contributed by atoms with E-state index in [4.69, 9.17) is 5.11 Å². The van der Waals surface area contributed by atoms with Gasteiger partial charge < -0.3 is 9.84 Å². The number of carbonyl (C=O) groups is 1. The highest BCUT2D eigenvalue weighted by atomic mass is 16.7. The van der Waals surface area contributed by atoms with Crippen LogP contribution in [0, 0.1) is 0 Å². The average Bonchev–Trinajstić information content (AvgIpc) is 2.18. The van der Waals surface area contributed by atoms with E-state index in [0.717, 1.165) is 25.7 Å². The molecule has 0 unspecified atom stereocenters. The van der Waals surface area contributed by atoms with Gasteiger partial charge in [-0.15, -0.1) is 0 Å². The van der Waals surface area contributed by atoms with Crippen LogP contribution in [0.3, 0.4) is 0 Å². The van der Waals surface area contributed by atoms with Crippen LogP contribution in [0.5, 0.6) is 0 Å². The van der Waals surface area contributed by atoms with Crippen LogP contribution in [-0.4, -0.2) is 17.9 Å². The Morgan fingerprint density at radius 2 is 1.57 bits per heavy atom. The Bertz CT molecular complexity index is 111. The molecule has 0 heterocycles. The number of ether oxygens (including phenoxy) is 1. The van der Waals surface area contributed by atoms with Crippen molar-refractivity contribution in [3.8, 4) is 0 Å². The summed E-state index contributed by atoms with van der Waals surface area (Å²) < 4.78 is 4.31. The number of hydrogen-bond acceptors (Lipinski definition) is 2. The van der Waals surface area contributed by atoms with E-state index in [9.17, 15) is 4.79 Å². The second-order valence-electron chi connectivity index (χ2n) is 3.18. The highest BCUT2D eigenvalue weighted by molar-refractivity contribution is 5.56. The second kappa shape index (κ2) is 14.8. The molecule has 0 radical (unpaired) electrons. The molecule has 0 aromatic heterocycles. The highest BCUT2D eigenvalue weighted by Crippen LogP contribution is 1.98. The molecule has 0 saturated heterocycles. The molecule has 3 nitrogen and oxygen atoms in total. The van der Waals surface area contributed by atoms with Crippen LogP contribution in [0.15, 0.2) is 0 Å². The van der Waals surface area contributed by atoms with Gasteiger partial charge in [0.2, 0.25) is 0 Å². The first kappa shape index (κ1) is 15.7. The van der Waals surface area contributed by atoms with Gasteiger partial charge in [-0.2, -0.15) is 0 Å². The van der Waals surface area contributed by atoms with Crippen LogP contribution >= 0.6 is 0 Å². The Labute approximate surface area is 87.5 Å². The van der Waals surface area contributed by atoms with Crippen molar-refractivity contribution < 1.29 is 14.6 Å². The minimum atomic E-state index is -1.17. The van der Waals surface area contributed by atoms with E-state index in [1.807, 2.05) is 0 Å². The fourth-order valence-corrected chi connectivity index (χ4v) is 0.688. The Morgan fingerprint density at radius 3 is 1.93 bits per heavy atom. The molecule has 0 aliphatic rings. The van der Waals surface area contributed by atoms with Gasteiger partial charge in [0.25, 0.3) is 0 Å². The summed E-state index contributed by atoms with van der Waals surface area (Å²) in [6.45, 7) is 6.81. The molecule has 0 aromatic rings. The van der Waals surface area contributed by atoms with Crippen LogP contribution in [0.1, 0.15) is 59.3 Å². The quantitative estimate of drug-likeness (QED) is 0.524. The minimum Gasteiger partial charge on any atom is -0.450 e. The summed E-state index contributed by atoms with van der Waals surface area (Å²) >= 11 is 0. The smallest absolute Gasteiger partial charge is 0.450 e. The predicted molar refractivity (Wildman–Crippen MR) is 58.7 cm³/mol. The van der Waals surface area contributed by atoms with Crippen molar-refractivity contribution in [3.05, 3.63) is 0 Å². The van der Waals surface area contributed by atoms with Crippen LogP contribution in [-0.2, 0) is 4.74 Å². The summed E-state index contributed by atoms with van der Waals surface area (Å²) in [6.07, 6.45) is 5.69. The topological polar surface area (TPSA) is 46.5 Å². The second-order valence-corrected chi connectivity index (χ2v) is 3.18. The molecule has 0 atom stereocenters. The molecule has 1 N–H and O–H groups in total. The molecule has 14 heavy (non-hydrogen) atoms. The Hall–Kier alpha value is -0.730. The molecule has 0 fully saturated rings. The van der Waals surface area contributed by atoms with Gasteiger partial charge in [-0.3, -0.25) is 0 Å². The molecule has 0 bridgehead atoms. The number of carboxylic acid groups (broad SMARTS) is 1. The molecule has 86 valence electrons. The molecular formula is C11H24O3. The zero-order chi connectivity index (χ0) is 11.2. The van der Waals surface area contributed by atoms with Gasteiger partial charge in [-0.1, -0.05) is 52.9 Å². The van der Waals surface area contributed by atoms with Gasteiger partial charge in [0.15, 0.2) is 0 Å². The van der Waals surface area contributed by atoms with Crippen molar-refractivity contribution in [3.63, 3.8) is 0 Å². The van der Waals surface area contributed by atoms with Gasteiger partial charge >= 0.3 is 6.16 Å². The summed E-state index contributed by atoms with van der Waals surface area (Å²) in [7, 11) is 0. The van der Waals surface area contributed by atoms with Crippen molar-refractivity contribution in [2.45, 2.75) is 59.3 Å². The van der Waals surface area contributed by atoms with Crippen LogP contribution in [0.25, 0.3) is 0 Å². The zero-order valence-corrected chi connectivity index (χ0v) is 9.71. The SMILES string of the molecule is CCCC.CCCCCCOC(=O)O. The summed E-state index contributed by atoms with van der Waals surface area (Å²) in [5.41, 5.74) is 0. The predicted octanol–water partition coefficient (Wildman–Crippen LogP) is 4.07. The molecule has 0 aliphatic heterocycles. The lowest BCUT2D eigenvalue weighted by molar-refractivity contribution is 0.0900. The first-order chi connectivity index (χ1) is 6.68. The Balaban J connectivity index is 0. The minimum absolute atomic E-state index is 0.343. The summed E-state index contributed by atoms with van der Waals surface area (Å²) in [5, 5.41) is 8.05. The summed E-state index contributed by atoms with van der Waals surface area (Å²) in [5.74, 6) is 0. The van der Waals surface area contributed by atoms with E-state index in [1.165, 1.54) is 12.8 Å². The largest absolute Gasteiger partial charge is 0.505 e. The van der Waals surface area contributed by atoms with E-state index in [0.29, 0.717) is 6.61 Å². The molecule has 0 rings (SSSR count). The maximum absolute atomic E-state index is 9.81. The van der Waals surface area contributed by atoms with Crippen LogP contribution in [0.2, 0.25) is 0 Å². The highest BCUT2D eigenvalue weighted by Gasteiger charge is 1.93. The van der Waals surface area contributed by atoms with Crippen LogP contribution < -0.4 is 0 Å². The fraction of sp³-hybridized carbons (Fsp3) is 0.909. The molecule has 0 saturated carbocycles.